The number of hydrogen-bond donors (Lipinski definition) is 4. The maximum atomic E-state index is 4.31. The highest BCUT2D eigenvalue weighted by Gasteiger charge is 2.19. The molecule has 4 unspecified atom stereocenters. The molecule has 108 valence electrons. The van der Waals surface area contributed by atoms with Crippen LogP contribution in [-0.4, -0.2) is 54.2 Å². The Labute approximate surface area is 150 Å². The molecule has 0 bridgehead atoms. The third-order valence-corrected chi connectivity index (χ3v) is 11.2. The lowest BCUT2D eigenvalue weighted by Gasteiger charge is -2.25. The van der Waals surface area contributed by atoms with E-state index in [9.17, 15) is 0 Å². The summed E-state index contributed by atoms with van der Waals surface area (Å²) >= 11 is 25.0. The molecule has 0 aromatic heterocycles. The van der Waals surface area contributed by atoms with Gasteiger partial charge in [0.1, 0.15) is 0 Å². The predicted molar refractivity (Wildman–Crippen MR) is 111 cm³/mol. The van der Waals surface area contributed by atoms with Gasteiger partial charge in [0.15, 0.2) is 0 Å². The van der Waals surface area contributed by atoms with Crippen LogP contribution in [0, 0.1) is 0 Å². The zero-order valence-electron chi connectivity index (χ0n) is 9.97. The molecule has 2 heterocycles. The van der Waals surface area contributed by atoms with Crippen molar-refractivity contribution in [2.24, 2.45) is 0 Å². The molecule has 18 heavy (non-hydrogen) atoms. The summed E-state index contributed by atoms with van der Waals surface area (Å²) in [6, 6.07) is 0. The van der Waals surface area contributed by atoms with E-state index in [0.29, 0.717) is 9.16 Å². The second kappa shape index (κ2) is 11.4. The van der Waals surface area contributed by atoms with Crippen molar-refractivity contribution in [3.63, 3.8) is 0 Å². The molecule has 0 spiro atoms. The number of thioether (sulfide) groups is 4. The molecular weight excluding hydrogens is 377 g/mol. The lowest BCUT2D eigenvalue weighted by atomic mass is 10.5. The van der Waals surface area contributed by atoms with Gasteiger partial charge in [0.2, 0.25) is 0 Å². The van der Waals surface area contributed by atoms with Crippen molar-refractivity contribution in [1.29, 1.82) is 0 Å². The van der Waals surface area contributed by atoms with Gasteiger partial charge in [-0.25, -0.2) is 0 Å². The first-order chi connectivity index (χ1) is 8.65. The summed E-state index contributed by atoms with van der Waals surface area (Å²) in [7, 11) is 0. The van der Waals surface area contributed by atoms with E-state index in [0.717, 1.165) is 33.5 Å². The Kier molecular flexibility index (Phi) is 11.9. The van der Waals surface area contributed by atoms with E-state index in [2.05, 4.69) is 50.5 Å². The molecule has 0 aromatic rings. The minimum Gasteiger partial charge on any atom is -0.178 e. The zero-order valence-corrected chi connectivity index (χ0v) is 16.8. The average molecular weight is 397 g/mol. The summed E-state index contributed by atoms with van der Waals surface area (Å²) in [5.41, 5.74) is 0. The Morgan fingerprint density at radius 3 is 1.28 bits per heavy atom. The standard InChI is InChI=1S/C6H12S4.C4H8S4/c7-1-5-3-10-6(2-8)4-9-5;5-3-1-7-4(6)2-8-3/h5-8H,1-4H2;3-6H,1-2H2. The molecule has 2 rings (SSSR count). The van der Waals surface area contributed by atoms with Crippen LogP contribution >= 0.6 is 97.6 Å². The van der Waals surface area contributed by atoms with Gasteiger partial charge in [0, 0.05) is 45.0 Å². The Morgan fingerprint density at radius 1 is 0.667 bits per heavy atom. The fourth-order valence-corrected chi connectivity index (χ4v) is 8.23. The Morgan fingerprint density at radius 2 is 1.06 bits per heavy atom. The zero-order chi connectivity index (χ0) is 13.4. The first kappa shape index (κ1) is 18.8. The first-order valence-electron chi connectivity index (χ1n) is 5.70. The SMILES string of the molecule is SC1CSC(S)CS1.SCC1CSC(CS)CS1. The molecule has 0 amide bonds. The number of thiol groups is 4. The van der Waals surface area contributed by atoms with Crippen molar-refractivity contribution >= 4 is 97.6 Å². The van der Waals surface area contributed by atoms with Crippen molar-refractivity contribution in [2.45, 2.75) is 19.7 Å². The van der Waals surface area contributed by atoms with Crippen molar-refractivity contribution in [3.05, 3.63) is 0 Å². The molecule has 4 atom stereocenters. The summed E-state index contributed by atoms with van der Waals surface area (Å²) in [4.78, 5) is 0. The number of rotatable bonds is 2. The van der Waals surface area contributed by atoms with E-state index in [1.54, 1.807) is 0 Å². The highest BCUT2D eigenvalue weighted by Crippen LogP contribution is 2.33. The van der Waals surface area contributed by atoms with Gasteiger partial charge in [-0.3, -0.25) is 0 Å². The van der Waals surface area contributed by atoms with Gasteiger partial charge in [0.05, 0.1) is 9.16 Å². The van der Waals surface area contributed by atoms with Crippen LogP contribution in [0.25, 0.3) is 0 Å². The molecule has 0 N–H and O–H groups in total. The van der Waals surface area contributed by atoms with Gasteiger partial charge < -0.3 is 0 Å². The minimum absolute atomic E-state index is 0.545. The molecule has 2 fully saturated rings. The quantitative estimate of drug-likeness (QED) is 0.520. The highest BCUT2D eigenvalue weighted by atomic mass is 32.2. The Balaban J connectivity index is 0.000000184. The second-order valence-electron chi connectivity index (χ2n) is 3.85. The monoisotopic (exact) mass is 396 g/mol. The van der Waals surface area contributed by atoms with Crippen LogP contribution in [0.15, 0.2) is 0 Å². The lowest BCUT2D eigenvalue weighted by Crippen LogP contribution is -2.23. The molecule has 2 aliphatic heterocycles. The summed E-state index contributed by atoms with van der Waals surface area (Å²) in [5.74, 6) is 6.86. The van der Waals surface area contributed by atoms with E-state index in [1.165, 1.54) is 11.5 Å². The Bertz CT molecular complexity index is 176. The van der Waals surface area contributed by atoms with E-state index in [-0.39, 0.29) is 0 Å². The minimum atomic E-state index is 0.545. The summed E-state index contributed by atoms with van der Waals surface area (Å²) in [5, 5.41) is 1.56. The fourth-order valence-electron chi connectivity index (χ4n) is 1.28. The van der Waals surface area contributed by atoms with Gasteiger partial charge in [-0.05, 0) is 0 Å². The summed E-state index contributed by atoms with van der Waals surface area (Å²) in [6.45, 7) is 0. The van der Waals surface area contributed by atoms with E-state index >= 15 is 0 Å². The van der Waals surface area contributed by atoms with Crippen molar-refractivity contribution < 1.29 is 0 Å². The summed E-state index contributed by atoms with van der Waals surface area (Å²) in [6.07, 6.45) is 0. The average Bonchev–Trinajstić information content (AvgIpc) is 2.43. The topological polar surface area (TPSA) is 0 Å². The molecule has 0 aliphatic carbocycles. The predicted octanol–water partition coefficient (Wildman–Crippen LogP) is 4.04. The number of hydrogen-bond acceptors (Lipinski definition) is 8. The molecule has 0 nitrogen and oxygen atoms in total. The fraction of sp³-hybridized carbons (Fsp3) is 1.00. The third-order valence-electron chi connectivity index (χ3n) is 2.31. The molecular formula is C10H20S8. The normalized spacial score (nSPS) is 36.7. The second-order valence-corrected chi connectivity index (χ2v) is 11.7. The van der Waals surface area contributed by atoms with E-state index < -0.39 is 0 Å². The van der Waals surface area contributed by atoms with Crippen LogP contribution in [0.5, 0.6) is 0 Å². The van der Waals surface area contributed by atoms with Gasteiger partial charge >= 0.3 is 0 Å². The van der Waals surface area contributed by atoms with Crippen molar-refractivity contribution in [2.75, 3.05) is 34.5 Å². The molecule has 0 aromatic carbocycles. The van der Waals surface area contributed by atoms with Crippen LogP contribution in [-0.2, 0) is 0 Å². The largest absolute Gasteiger partial charge is 0.178 e. The highest BCUT2D eigenvalue weighted by molar-refractivity contribution is 8.18. The van der Waals surface area contributed by atoms with E-state index in [4.69, 9.17) is 0 Å². The van der Waals surface area contributed by atoms with Crippen LogP contribution in [0.2, 0.25) is 0 Å². The van der Waals surface area contributed by atoms with Crippen LogP contribution in [0.3, 0.4) is 0 Å². The van der Waals surface area contributed by atoms with E-state index in [1.807, 2.05) is 47.0 Å². The maximum absolute atomic E-state index is 4.31. The molecule has 2 saturated heterocycles. The third kappa shape index (κ3) is 8.29. The first-order valence-corrected chi connectivity index (χ1v) is 12.2. The van der Waals surface area contributed by atoms with Gasteiger partial charge in [-0.2, -0.15) is 74.0 Å². The van der Waals surface area contributed by atoms with Crippen molar-refractivity contribution in [3.8, 4) is 0 Å². The molecule has 0 radical (unpaired) electrons. The summed E-state index contributed by atoms with van der Waals surface area (Å²) < 4.78 is 1.09. The lowest BCUT2D eigenvalue weighted by molar-refractivity contribution is 1.06. The van der Waals surface area contributed by atoms with Crippen LogP contribution in [0.1, 0.15) is 0 Å². The van der Waals surface area contributed by atoms with Gasteiger partial charge in [0.25, 0.3) is 0 Å². The smallest absolute Gasteiger partial charge is 0.0563 e. The molecule has 8 heteroatoms. The van der Waals surface area contributed by atoms with Crippen LogP contribution < -0.4 is 0 Å². The van der Waals surface area contributed by atoms with Crippen molar-refractivity contribution in [1.82, 2.24) is 0 Å². The maximum Gasteiger partial charge on any atom is 0.0563 e. The molecule has 2 aliphatic rings. The van der Waals surface area contributed by atoms with Gasteiger partial charge in [-0.1, -0.05) is 0 Å². The Hall–Kier alpha value is 2.80. The van der Waals surface area contributed by atoms with Crippen LogP contribution in [0.4, 0.5) is 0 Å². The van der Waals surface area contributed by atoms with Gasteiger partial charge in [-0.15, -0.1) is 23.5 Å². The molecule has 0 saturated carbocycles.